The molecule has 8 N–H and O–H groups in total. The van der Waals surface area contributed by atoms with E-state index in [1.165, 1.54) is 11.1 Å². The van der Waals surface area contributed by atoms with Gasteiger partial charge in [0, 0.05) is 28.2 Å². The van der Waals surface area contributed by atoms with E-state index in [-0.39, 0.29) is 16.8 Å². The lowest BCUT2D eigenvalue weighted by Gasteiger charge is -2.38. The van der Waals surface area contributed by atoms with E-state index in [2.05, 4.69) is 32.0 Å². The van der Waals surface area contributed by atoms with Gasteiger partial charge in [-0.15, -0.1) is 0 Å². The maximum absolute atomic E-state index is 13.7. The highest BCUT2D eigenvalue weighted by atomic mass is 19.4. The Morgan fingerprint density at radius 3 is 1.10 bits per heavy atom. The molecule has 0 aliphatic carbocycles. The van der Waals surface area contributed by atoms with Crippen molar-refractivity contribution in [2.45, 2.75) is 37.0 Å². The molecule has 4 aromatic carbocycles. The fraction of sp³-hybridized carbons (Fsp3) is 0.200. The molecular weight excluding hydrogens is 530 g/mol. The first-order valence-electron chi connectivity index (χ1n) is 12.1. The second kappa shape index (κ2) is 11.0. The highest BCUT2D eigenvalue weighted by Crippen LogP contribution is 2.56. The van der Waals surface area contributed by atoms with Crippen LogP contribution >= 0.6 is 0 Å². The van der Waals surface area contributed by atoms with Crippen molar-refractivity contribution in [3.8, 4) is 0 Å². The average molecular weight is 561 g/mol. The van der Waals surface area contributed by atoms with Crippen LogP contribution in [-0.4, -0.2) is 12.4 Å². The van der Waals surface area contributed by atoms with Gasteiger partial charge in [-0.3, -0.25) is 0 Å². The molecule has 0 fully saturated rings. The van der Waals surface area contributed by atoms with Crippen LogP contribution in [0, 0.1) is 0 Å². The molecule has 0 amide bonds. The molecule has 0 saturated heterocycles. The number of hydrogen-bond acceptors (Lipinski definition) is 4. The van der Waals surface area contributed by atoms with Crippen LogP contribution in [0.25, 0.3) is 0 Å². The lowest BCUT2D eigenvalue weighted by molar-refractivity contribution is -0.288. The quantitative estimate of drug-likeness (QED) is 0.154. The summed E-state index contributed by atoms with van der Waals surface area (Å²) >= 11 is 0. The Balaban J connectivity index is 0.000000230. The first kappa shape index (κ1) is 30.2. The number of alkyl halides is 6. The fourth-order valence-corrected chi connectivity index (χ4v) is 4.44. The third kappa shape index (κ3) is 5.95. The summed E-state index contributed by atoms with van der Waals surface area (Å²) in [4.78, 5) is 0. The minimum atomic E-state index is -5.61. The van der Waals surface area contributed by atoms with E-state index in [4.69, 9.17) is 22.9 Å². The van der Waals surface area contributed by atoms with Crippen LogP contribution in [0.4, 0.5) is 49.1 Å². The van der Waals surface area contributed by atoms with E-state index in [1.54, 1.807) is 0 Å². The van der Waals surface area contributed by atoms with Crippen molar-refractivity contribution in [1.82, 2.24) is 0 Å². The highest BCUT2D eigenvalue weighted by molar-refractivity contribution is 5.52. The van der Waals surface area contributed by atoms with E-state index in [9.17, 15) is 26.3 Å². The van der Waals surface area contributed by atoms with E-state index in [0.29, 0.717) is 0 Å². The molecule has 0 atom stereocenters. The van der Waals surface area contributed by atoms with Gasteiger partial charge in [-0.25, -0.2) is 0 Å². The normalized spacial score (nSPS) is 12.4. The molecule has 0 aromatic heterocycles. The van der Waals surface area contributed by atoms with Crippen molar-refractivity contribution < 1.29 is 26.3 Å². The molecule has 10 heteroatoms. The van der Waals surface area contributed by atoms with Gasteiger partial charge in [0.1, 0.15) is 0 Å². The number of anilines is 4. The van der Waals surface area contributed by atoms with Crippen LogP contribution in [0.2, 0.25) is 0 Å². The monoisotopic (exact) mass is 560 g/mol. The fourth-order valence-electron chi connectivity index (χ4n) is 4.44. The Hall–Kier alpha value is -4.34. The lowest BCUT2D eigenvalue weighted by Crippen LogP contribution is -2.54. The van der Waals surface area contributed by atoms with Gasteiger partial charge < -0.3 is 22.9 Å². The van der Waals surface area contributed by atoms with E-state index < -0.39 is 28.9 Å². The molecule has 4 aromatic rings. The summed E-state index contributed by atoms with van der Waals surface area (Å²) in [6, 6.07) is 22.9. The van der Waals surface area contributed by atoms with Gasteiger partial charge >= 0.3 is 12.4 Å². The number of halogens is 6. The molecule has 0 aliphatic rings. The number of nitrogen functional groups attached to an aromatic ring is 4. The summed E-state index contributed by atoms with van der Waals surface area (Å²) in [5.41, 5.74) is 20.3. The van der Waals surface area contributed by atoms with Crippen molar-refractivity contribution in [2.75, 3.05) is 22.9 Å². The Morgan fingerprint density at radius 2 is 0.775 bits per heavy atom. The summed E-state index contributed by atoms with van der Waals surface area (Å²) in [6.45, 7) is 4.38. The summed E-state index contributed by atoms with van der Waals surface area (Å²) in [6.07, 6.45) is -11.2. The van der Waals surface area contributed by atoms with Crippen LogP contribution in [0.5, 0.6) is 0 Å². The third-order valence-electron chi connectivity index (χ3n) is 6.78. The van der Waals surface area contributed by atoms with Gasteiger partial charge in [0.25, 0.3) is 0 Å². The lowest BCUT2D eigenvalue weighted by atomic mass is 9.73. The van der Waals surface area contributed by atoms with Crippen molar-refractivity contribution in [1.29, 1.82) is 0 Å². The Morgan fingerprint density at radius 1 is 0.425 bits per heavy atom. The largest absolute Gasteiger partial charge is 0.411 e. The second-order valence-corrected chi connectivity index (χ2v) is 9.86. The minimum Gasteiger partial charge on any atom is -0.399 e. The van der Waals surface area contributed by atoms with Gasteiger partial charge in [0.2, 0.25) is 5.41 Å². The zero-order valence-corrected chi connectivity index (χ0v) is 21.8. The van der Waals surface area contributed by atoms with Gasteiger partial charge in [0.15, 0.2) is 0 Å². The van der Waals surface area contributed by atoms with Crippen molar-refractivity contribution in [3.63, 3.8) is 0 Å². The SMILES string of the molecule is CC(C)(c1ccc(N)cc1)c1cccc(N)c1.Nc1ccc(C(c2ccc(N)cc2)(C(F)(F)F)C(F)(F)F)cc1. The molecule has 212 valence electrons. The first-order chi connectivity index (χ1) is 18.5. The molecule has 4 nitrogen and oxygen atoms in total. The predicted molar refractivity (Wildman–Crippen MR) is 148 cm³/mol. The van der Waals surface area contributed by atoms with Crippen LogP contribution < -0.4 is 22.9 Å². The molecule has 0 aliphatic heterocycles. The molecule has 0 radical (unpaired) electrons. The minimum absolute atomic E-state index is 0.0595. The van der Waals surface area contributed by atoms with E-state index >= 15 is 0 Å². The molecule has 0 saturated carbocycles. The Bertz CT molecular complexity index is 1350. The third-order valence-corrected chi connectivity index (χ3v) is 6.78. The Labute approximate surface area is 228 Å². The molecule has 0 heterocycles. The zero-order valence-electron chi connectivity index (χ0n) is 21.8. The van der Waals surface area contributed by atoms with Gasteiger partial charge in [-0.1, -0.05) is 62.4 Å². The van der Waals surface area contributed by atoms with Crippen LogP contribution in [0.3, 0.4) is 0 Å². The Kier molecular flexibility index (Phi) is 8.33. The maximum Gasteiger partial charge on any atom is 0.411 e. The van der Waals surface area contributed by atoms with Gasteiger partial charge in [-0.05, 0) is 70.8 Å². The summed E-state index contributed by atoms with van der Waals surface area (Å²) in [7, 11) is 0. The number of benzene rings is 4. The summed E-state index contributed by atoms with van der Waals surface area (Å²) in [5.74, 6) is 0. The smallest absolute Gasteiger partial charge is 0.399 e. The van der Waals surface area contributed by atoms with Gasteiger partial charge in [-0.2, -0.15) is 26.3 Å². The summed E-state index contributed by atoms with van der Waals surface area (Å²) < 4.78 is 82.0. The number of rotatable bonds is 4. The van der Waals surface area contributed by atoms with Crippen LogP contribution in [0.15, 0.2) is 97.1 Å². The molecule has 0 unspecified atom stereocenters. The average Bonchev–Trinajstić information content (AvgIpc) is 2.86. The van der Waals surface area contributed by atoms with E-state index in [1.807, 2.05) is 30.3 Å². The topological polar surface area (TPSA) is 104 Å². The van der Waals surface area contributed by atoms with E-state index in [0.717, 1.165) is 59.9 Å². The van der Waals surface area contributed by atoms with Crippen LogP contribution in [0.1, 0.15) is 36.1 Å². The van der Waals surface area contributed by atoms with Crippen LogP contribution in [-0.2, 0) is 10.8 Å². The number of nitrogens with two attached hydrogens (primary N) is 4. The maximum atomic E-state index is 13.7. The van der Waals surface area contributed by atoms with Gasteiger partial charge in [0.05, 0.1) is 0 Å². The zero-order chi connectivity index (χ0) is 29.9. The van der Waals surface area contributed by atoms with Crippen molar-refractivity contribution in [2.24, 2.45) is 0 Å². The molecule has 4 rings (SSSR count). The second-order valence-electron chi connectivity index (χ2n) is 9.86. The number of hydrogen-bond donors (Lipinski definition) is 4. The van der Waals surface area contributed by atoms with Crippen molar-refractivity contribution in [3.05, 3.63) is 119 Å². The van der Waals surface area contributed by atoms with Crippen molar-refractivity contribution >= 4 is 22.7 Å². The predicted octanol–water partition coefficient (Wildman–Crippen LogP) is 7.44. The molecule has 0 bridgehead atoms. The standard InChI is InChI=1S/C15H12F6N2.C15H18N2/c16-14(17,18)13(15(19,20)21,9-1-5-11(22)6-2-9)10-3-7-12(23)8-4-10;1-15(2,11-6-8-13(16)9-7-11)12-4-3-5-14(17)10-12/h1-8H,22-23H2;3-10H,16-17H2,1-2H3. The summed E-state index contributed by atoms with van der Waals surface area (Å²) in [5, 5.41) is 0. The first-order valence-corrected chi connectivity index (χ1v) is 12.1. The highest BCUT2D eigenvalue weighted by Gasteiger charge is 2.72. The molecule has 0 spiro atoms. The molecule has 40 heavy (non-hydrogen) atoms. The molecular formula is C30H30F6N4.